The van der Waals surface area contributed by atoms with Crippen LogP contribution in [0, 0.1) is 6.92 Å². The Balaban J connectivity index is 1.72. The highest BCUT2D eigenvalue weighted by atomic mass is 35.5. The average molecular weight is 360 g/mol. The van der Waals surface area contributed by atoms with Gasteiger partial charge in [-0.25, -0.2) is 4.98 Å². The fourth-order valence-electron chi connectivity index (χ4n) is 2.66. The first kappa shape index (κ1) is 18.0. The van der Waals surface area contributed by atoms with Crippen molar-refractivity contribution in [2.75, 3.05) is 37.8 Å². The van der Waals surface area contributed by atoms with Crippen molar-refractivity contribution in [3.8, 4) is 0 Å². The van der Waals surface area contributed by atoms with Crippen molar-refractivity contribution in [3.05, 3.63) is 40.5 Å². The third-order valence-corrected chi connectivity index (χ3v) is 4.66. The maximum atomic E-state index is 6.11. The molecule has 1 aliphatic rings. The van der Waals surface area contributed by atoms with E-state index >= 15 is 0 Å². The van der Waals surface area contributed by atoms with Crippen LogP contribution in [-0.4, -0.2) is 42.1 Å². The third-order valence-electron chi connectivity index (χ3n) is 4.24. The summed E-state index contributed by atoms with van der Waals surface area (Å²) in [6.07, 6.45) is 3.50. The van der Waals surface area contributed by atoms with Crippen molar-refractivity contribution in [1.82, 2.24) is 14.9 Å². The monoisotopic (exact) mass is 359 g/mol. The van der Waals surface area contributed by atoms with E-state index in [1.165, 1.54) is 12.8 Å². The van der Waals surface area contributed by atoms with Gasteiger partial charge in [0.25, 0.3) is 0 Å². The Labute approximate surface area is 154 Å². The van der Waals surface area contributed by atoms with E-state index in [0.29, 0.717) is 11.9 Å². The molecule has 2 aromatic rings. The van der Waals surface area contributed by atoms with Gasteiger partial charge < -0.3 is 15.5 Å². The highest BCUT2D eigenvalue weighted by Gasteiger charge is 2.26. The number of nitrogens with zero attached hydrogens (tertiary/aromatic N) is 3. The summed E-state index contributed by atoms with van der Waals surface area (Å²) in [6.45, 7) is 3.91. The van der Waals surface area contributed by atoms with Gasteiger partial charge in [-0.1, -0.05) is 11.6 Å². The first-order chi connectivity index (χ1) is 12.0. The first-order valence-corrected chi connectivity index (χ1v) is 9.20. The number of nitrogens with one attached hydrogen (secondary N) is 2. The number of rotatable bonds is 8. The lowest BCUT2D eigenvalue weighted by atomic mass is 10.2. The molecule has 0 radical (unpaired) electrons. The quantitative estimate of drug-likeness (QED) is 0.683. The zero-order valence-corrected chi connectivity index (χ0v) is 15.9. The molecule has 0 saturated heterocycles. The van der Waals surface area contributed by atoms with Gasteiger partial charge in [-0.15, -0.1) is 0 Å². The Morgan fingerprint density at radius 2 is 2.00 bits per heavy atom. The Morgan fingerprint density at radius 1 is 1.20 bits per heavy atom. The molecular formula is C19H26ClN5. The van der Waals surface area contributed by atoms with Crippen LogP contribution in [0.3, 0.4) is 0 Å². The maximum Gasteiger partial charge on any atom is 0.224 e. The number of aromatic nitrogens is 2. The molecule has 6 heteroatoms. The Kier molecular flexibility index (Phi) is 5.76. The fraction of sp³-hybridized carbons (Fsp3) is 0.474. The molecule has 3 rings (SSSR count). The number of hydrogen-bond donors (Lipinski definition) is 2. The fourth-order valence-corrected chi connectivity index (χ4v) is 2.78. The van der Waals surface area contributed by atoms with Crippen LogP contribution in [0.25, 0.3) is 0 Å². The van der Waals surface area contributed by atoms with Crippen LogP contribution in [0.4, 0.5) is 17.5 Å². The van der Waals surface area contributed by atoms with Gasteiger partial charge in [0, 0.05) is 29.2 Å². The number of aryl methyl sites for hydroxylation is 1. The number of halogens is 1. The van der Waals surface area contributed by atoms with E-state index in [2.05, 4.69) is 45.7 Å². The van der Waals surface area contributed by atoms with Gasteiger partial charge in [0.15, 0.2) is 0 Å². The summed E-state index contributed by atoms with van der Waals surface area (Å²) in [5, 5.41) is 7.52. The zero-order chi connectivity index (χ0) is 17.8. The minimum atomic E-state index is 0.581. The molecule has 1 aromatic heterocycles. The molecule has 0 amide bonds. The standard InChI is InChI=1S/C19H26ClN5/c1-13-11-15(7-8-16(13)20)22-18-12-17(14-5-6-14)23-19(24-18)21-9-4-10-25(2)3/h7-8,11-12,14H,4-6,9-10H2,1-3H3,(H2,21,22,23,24). The van der Waals surface area contributed by atoms with Crippen molar-refractivity contribution in [2.45, 2.75) is 32.1 Å². The summed E-state index contributed by atoms with van der Waals surface area (Å²) in [5.41, 5.74) is 3.16. The van der Waals surface area contributed by atoms with E-state index in [1.807, 2.05) is 25.1 Å². The highest BCUT2D eigenvalue weighted by Crippen LogP contribution is 2.40. The van der Waals surface area contributed by atoms with E-state index < -0.39 is 0 Å². The van der Waals surface area contributed by atoms with Crippen LogP contribution in [0.15, 0.2) is 24.3 Å². The molecule has 25 heavy (non-hydrogen) atoms. The lowest BCUT2D eigenvalue weighted by molar-refractivity contribution is 0.405. The second-order valence-electron chi connectivity index (χ2n) is 6.95. The predicted molar refractivity (Wildman–Crippen MR) is 105 cm³/mol. The molecular weight excluding hydrogens is 334 g/mol. The van der Waals surface area contributed by atoms with Gasteiger partial charge in [0.1, 0.15) is 5.82 Å². The lowest BCUT2D eigenvalue weighted by Crippen LogP contribution is -2.17. The lowest BCUT2D eigenvalue weighted by Gasteiger charge is -2.13. The molecule has 1 heterocycles. The Morgan fingerprint density at radius 3 is 2.68 bits per heavy atom. The van der Waals surface area contributed by atoms with E-state index in [0.717, 1.165) is 47.3 Å². The average Bonchev–Trinajstić information content (AvgIpc) is 3.40. The molecule has 1 saturated carbocycles. The SMILES string of the molecule is Cc1cc(Nc2cc(C3CC3)nc(NCCCN(C)C)n2)ccc1Cl. The topological polar surface area (TPSA) is 53.1 Å². The Bertz CT molecular complexity index is 728. The molecule has 1 fully saturated rings. The minimum absolute atomic E-state index is 0.581. The van der Waals surface area contributed by atoms with Gasteiger partial charge in [-0.05, 0) is 70.6 Å². The van der Waals surface area contributed by atoms with Crippen LogP contribution in [0.2, 0.25) is 5.02 Å². The number of hydrogen-bond acceptors (Lipinski definition) is 5. The van der Waals surface area contributed by atoms with Crippen molar-refractivity contribution < 1.29 is 0 Å². The zero-order valence-electron chi connectivity index (χ0n) is 15.1. The molecule has 0 spiro atoms. The van der Waals surface area contributed by atoms with Crippen LogP contribution in [0.1, 0.15) is 36.4 Å². The van der Waals surface area contributed by atoms with Crippen LogP contribution in [-0.2, 0) is 0 Å². The third kappa shape index (κ3) is 5.31. The van der Waals surface area contributed by atoms with Crippen LogP contribution < -0.4 is 10.6 Å². The van der Waals surface area contributed by atoms with Crippen LogP contribution in [0.5, 0.6) is 0 Å². The second kappa shape index (κ2) is 8.02. The van der Waals surface area contributed by atoms with Crippen molar-refractivity contribution in [1.29, 1.82) is 0 Å². The molecule has 0 aliphatic heterocycles. The van der Waals surface area contributed by atoms with Crippen molar-refractivity contribution in [2.24, 2.45) is 0 Å². The van der Waals surface area contributed by atoms with E-state index in [4.69, 9.17) is 11.6 Å². The van der Waals surface area contributed by atoms with Gasteiger partial charge in [0.05, 0.1) is 5.69 Å². The molecule has 5 nitrogen and oxygen atoms in total. The van der Waals surface area contributed by atoms with Crippen molar-refractivity contribution in [3.63, 3.8) is 0 Å². The summed E-state index contributed by atoms with van der Waals surface area (Å²) < 4.78 is 0. The number of anilines is 3. The summed E-state index contributed by atoms with van der Waals surface area (Å²) in [6, 6.07) is 7.97. The molecule has 2 N–H and O–H groups in total. The summed E-state index contributed by atoms with van der Waals surface area (Å²) in [7, 11) is 4.17. The van der Waals surface area contributed by atoms with E-state index in [9.17, 15) is 0 Å². The molecule has 0 atom stereocenters. The van der Waals surface area contributed by atoms with Crippen LogP contribution >= 0.6 is 11.6 Å². The van der Waals surface area contributed by atoms with Crippen molar-refractivity contribution >= 4 is 29.1 Å². The second-order valence-corrected chi connectivity index (χ2v) is 7.36. The largest absolute Gasteiger partial charge is 0.354 e. The first-order valence-electron chi connectivity index (χ1n) is 8.82. The van der Waals surface area contributed by atoms with Gasteiger partial charge in [-0.2, -0.15) is 4.98 Å². The summed E-state index contributed by atoms with van der Waals surface area (Å²) >= 11 is 6.11. The van der Waals surface area contributed by atoms with Gasteiger partial charge in [0.2, 0.25) is 5.95 Å². The number of benzene rings is 1. The van der Waals surface area contributed by atoms with Gasteiger partial charge >= 0.3 is 0 Å². The predicted octanol–water partition coefficient (Wildman–Crippen LogP) is 4.42. The van der Waals surface area contributed by atoms with E-state index in [-0.39, 0.29) is 0 Å². The summed E-state index contributed by atoms with van der Waals surface area (Å²) in [5.74, 6) is 2.11. The highest BCUT2D eigenvalue weighted by molar-refractivity contribution is 6.31. The van der Waals surface area contributed by atoms with E-state index in [1.54, 1.807) is 0 Å². The maximum absolute atomic E-state index is 6.11. The molecule has 0 unspecified atom stereocenters. The normalized spacial score (nSPS) is 14.0. The molecule has 134 valence electrons. The minimum Gasteiger partial charge on any atom is -0.354 e. The van der Waals surface area contributed by atoms with Gasteiger partial charge in [-0.3, -0.25) is 0 Å². The smallest absolute Gasteiger partial charge is 0.224 e. The molecule has 1 aliphatic carbocycles. The molecule has 0 bridgehead atoms. The Hall–Kier alpha value is -1.85. The summed E-state index contributed by atoms with van der Waals surface area (Å²) in [4.78, 5) is 11.5. The molecule has 1 aromatic carbocycles.